The van der Waals surface area contributed by atoms with Gasteiger partial charge in [0.1, 0.15) is 18.3 Å². The first-order chi connectivity index (χ1) is 19.4. The summed E-state index contributed by atoms with van der Waals surface area (Å²) in [4.78, 5) is 28.7. The number of hydrogen-bond donors (Lipinski definition) is 1. The summed E-state index contributed by atoms with van der Waals surface area (Å²) in [5, 5.41) is 3.26. The fraction of sp³-hybridized carbons (Fsp3) is 0.355. The lowest BCUT2D eigenvalue weighted by Crippen LogP contribution is -2.52. The summed E-state index contributed by atoms with van der Waals surface area (Å²) in [6.07, 6.45) is 0.724. The van der Waals surface area contributed by atoms with Crippen LogP contribution in [0.25, 0.3) is 0 Å². The molecule has 0 fully saturated rings. The lowest BCUT2D eigenvalue weighted by molar-refractivity contribution is -0.139. The molecule has 0 aliphatic heterocycles. The Hall–Kier alpha value is -3.56. The fourth-order valence-electron chi connectivity index (χ4n) is 4.18. The van der Waals surface area contributed by atoms with Crippen LogP contribution in [0.1, 0.15) is 43.9 Å². The number of sulfonamides is 1. The summed E-state index contributed by atoms with van der Waals surface area (Å²) < 4.78 is 34.3. The normalized spacial score (nSPS) is 12.8. The molecule has 0 saturated heterocycles. The molecule has 0 aromatic heterocycles. The van der Waals surface area contributed by atoms with Crippen molar-refractivity contribution < 1.29 is 22.7 Å². The number of amides is 2. The number of anilines is 1. The van der Waals surface area contributed by atoms with Gasteiger partial charge in [-0.3, -0.25) is 13.9 Å². The van der Waals surface area contributed by atoms with Crippen molar-refractivity contribution in [1.82, 2.24) is 10.2 Å². The van der Waals surface area contributed by atoms with E-state index >= 15 is 0 Å². The molecule has 41 heavy (non-hydrogen) atoms. The zero-order valence-electron chi connectivity index (χ0n) is 24.3. The van der Waals surface area contributed by atoms with E-state index in [9.17, 15) is 18.0 Å². The van der Waals surface area contributed by atoms with Crippen LogP contribution in [0.15, 0.2) is 71.6 Å². The predicted molar refractivity (Wildman–Crippen MR) is 163 cm³/mol. The molecule has 2 amide bonds. The third-order valence-electron chi connectivity index (χ3n) is 7.01. The lowest BCUT2D eigenvalue weighted by atomic mass is 10.1. The number of nitrogens with one attached hydrogen (secondary N) is 1. The Kier molecular flexibility index (Phi) is 10.8. The average molecular weight is 600 g/mol. The number of carbonyl (C=O) groups excluding carboxylic acids is 2. The maximum absolute atomic E-state index is 14.1. The topological polar surface area (TPSA) is 96.0 Å². The van der Waals surface area contributed by atoms with Gasteiger partial charge in [-0.2, -0.15) is 0 Å². The van der Waals surface area contributed by atoms with Crippen LogP contribution in [0, 0.1) is 13.8 Å². The first kappa shape index (κ1) is 32.0. The Morgan fingerprint density at radius 1 is 0.976 bits per heavy atom. The fourth-order valence-corrected chi connectivity index (χ4v) is 5.81. The molecular weight excluding hydrogens is 562 g/mol. The number of rotatable bonds is 12. The van der Waals surface area contributed by atoms with E-state index < -0.39 is 28.5 Å². The van der Waals surface area contributed by atoms with Crippen LogP contribution in [0.2, 0.25) is 5.02 Å². The second-order valence-corrected chi connectivity index (χ2v) is 12.4. The number of aryl methyl sites for hydroxylation is 2. The minimum absolute atomic E-state index is 0.0412. The minimum Gasteiger partial charge on any atom is -0.497 e. The molecule has 0 radical (unpaired) electrons. The van der Waals surface area contributed by atoms with E-state index in [0.717, 1.165) is 21.9 Å². The number of nitrogens with zero attached hydrogens (tertiary/aromatic N) is 2. The van der Waals surface area contributed by atoms with Gasteiger partial charge in [0.05, 0.1) is 17.7 Å². The van der Waals surface area contributed by atoms with Crippen LogP contribution >= 0.6 is 11.6 Å². The van der Waals surface area contributed by atoms with Crippen LogP contribution in [0.3, 0.4) is 0 Å². The van der Waals surface area contributed by atoms with Crippen LogP contribution in [-0.2, 0) is 26.2 Å². The molecule has 0 aliphatic rings. The van der Waals surface area contributed by atoms with Gasteiger partial charge in [-0.15, -0.1) is 0 Å². The van der Waals surface area contributed by atoms with Crippen molar-refractivity contribution in [2.75, 3.05) is 18.0 Å². The predicted octanol–water partition coefficient (Wildman–Crippen LogP) is 5.49. The molecule has 3 aromatic rings. The second-order valence-electron chi connectivity index (χ2n) is 10.1. The van der Waals surface area contributed by atoms with Gasteiger partial charge in [0.25, 0.3) is 10.0 Å². The van der Waals surface area contributed by atoms with Gasteiger partial charge in [0.2, 0.25) is 11.8 Å². The molecule has 0 heterocycles. The highest BCUT2D eigenvalue weighted by Gasteiger charge is 2.33. The molecule has 0 aliphatic carbocycles. The number of halogens is 1. The Labute approximate surface area is 248 Å². The highest BCUT2D eigenvalue weighted by atomic mass is 35.5. The van der Waals surface area contributed by atoms with Gasteiger partial charge < -0.3 is 15.0 Å². The Balaban J connectivity index is 2.06. The molecule has 1 N–H and O–H groups in total. The number of benzene rings is 3. The first-order valence-corrected chi connectivity index (χ1v) is 15.3. The Morgan fingerprint density at radius 3 is 2.20 bits per heavy atom. The minimum atomic E-state index is -4.18. The molecule has 3 aromatic carbocycles. The maximum Gasteiger partial charge on any atom is 0.264 e. The van der Waals surface area contributed by atoms with Crippen molar-refractivity contribution in [3.8, 4) is 5.75 Å². The molecule has 0 bridgehead atoms. The number of ether oxygens (including phenoxy) is 1. The van der Waals surface area contributed by atoms with Crippen molar-refractivity contribution in [2.45, 2.75) is 64.6 Å². The van der Waals surface area contributed by atoms with E-state index in [1.807, 2.05) is 20.8 Å². The molecule has 0 unspecified atom stereocenters. The summed E-state index contributed by atoms with van der Waals surface area (Å²) in [6.45, 7) is 8.66. The average Bonchev–Trinajstić information content (AvgIpc) is 2.95. The molecule has 0 spiro atoms. The van der Waals surface area contributed by atoms with Crippen LogP contribution in [0.4, 0.5) is 5.69 Å². The van der Waals surface area contributed by atoms with Gasteiger partial charge >= 0.3 is 0 Å². The number of methoxy groups -OCH3 is 1. The zero-order valence-corrected chi connectivity index (χ0v) is 25.9. The molecule has 10 heteroatoms. The monoisotopic (exact) mass is 599 g/mol. The van der Waals surface area contributed by atoms with Gasteiger partial charge in [0.15, 0.2) is 0 Å². The van der Waals surface area contributed by atoms with Crippen LogP contribution in [0.5, 0.6) is 5.75 Å². The lowest BCUT2D eigenvalue weighted by Gasteiger charge is -2.33. The number of carbonyl (C=O) groups is 2. The zero-order chi connectivity index (χ0) is 30.3. The summed E-state index contributed by atoms with van der Waals surface area (Å²) in [5.74, 6) is -0.211. The van der Waals surface area contributed by atoms with Crippen LogP contribution in [-0.4, -0.2) is 50.9 Å². The summed E-state index contributed by atoms with van der Waals surface area (Å²) in [5.41, 5.74) is 2.57. The second kappa shape index (κ2) is 13.9. The molecule has 0 saturated carbocycles. The largest absolute Gasteiger partial charge is 0.497 e. The van der Waals surface area contributed by atoms with Crippen molar-refractivity contribution in [1.29, 1.82) is 0 Å². The SMILES string of the molecule is CC[C@@H](C)NC(=O)[C@@H](C)N(Cc1ccc(OC)cc1)C(=O)CN(c1cc(Cl)ccc1C)S(=O)(=O)c1ccc(C)cc1. The van der Waals surface area contributed by atoms with Crippen LogP contribution < -0.4 is 14.4 Å². The third kappa shape index (κ3) is 8.01. The first-order valence-electron chi connectivity index (χ1n) is 13.5. The van der Waals surface area contributed by atoms with Gasteiger partial charge in [-0.25, -0.2) is 8.42 Å². The maximum atomic E-state index is 14.1. The third-order valence-corrected chi connectivity index (χ3v) is 9.02. The van der Waals surface area contributed by atoms with Gasteiger partial charge in [-0.1, -0.05) is 54.4 Å². The standard InChI is InChI=1S/C31H38ClN3O5S/c1-7-23(4)33-31(37)24(5)34(19-25-11-14-27(40-6)15-12-25)30(36)20-35(29-18-26(32)13-10-22(29)3)41(38,39)28-16-8-21(2)9-17-28/h8-18,23-24H,7,19-20H2,1-6H3,(H,33,37)/t23-,24-/m1/s1. The van der Waals surface area contributed by atoms with Crippen molar-refractivity contribution in [3.05, 3.63) is 88.4 Å². The number of hydrogen-bond acceptors (Lipinski definition) is 5. The van der Waals surface area contributed by atoms with E-state index in [2.05, 4.69) is 5.32 Å². The van der Waals surface area contributed by atoms with Crippen molar-refractivity contribution in [2.24, 2.45) is 0 Å². The summed E-state index contributed by atoms with van der Waals surface area (Å²) in [6, 6.07) is 17.5. The smallest absolute Gasteiger partial charge is 0.264 e. The van der Waals surface area contributed by atoms with E-state index in [1.54, 1.807) is 69.5 Å². The highest BCUT2D eigenvalue weighted by Crippen LogP contribution is 2.30. The van der Waals surface area contributed by atoms with E-state index in [-0.39, 0.29) is 29.1 Å². The van der Waals surface area contributed by atoms with Crippen molar-refractivity contribution >= 4 is 39.1 Å². The van der Waals surface area contributed by atoms with E-state index in [0.29, 0.717) is 16.3 Å². The summed E-state index contributed by atoms with van der Waals surface area (Å²) >= 11 is 6.28. The van der Waals surface area contributed by atoms with Crippen molar-refractivity contribution in [3.63, 3.8) is 0 Å². The van der Waals surface area contributed by atoms with Gasteiger partial charge in [0, 0.05) is 17.6 Å². The molecule has 2 atom stereocenters. The highest BCUT2D eigenvalue weighted by molar-refractivity contribution is 7.92. The summed E-state index contributed by atoms with van der Waals surface area (Å²) in [7, 11) is -2.62. The Morgan fingerprint density at radius 2 is 1.61 bits per heavy atom. The van der Waals surface area contributed by atoms with E-state index in [1.165, 1.54) is 23.1 Å². The molecule has 220 valence electrons. The van der Waals surface area contributed by atoms with Gasteiger partial charge in [-0.05, 0) is 81.6 Å². The molecule has 8 nitrogen and oxygen atoms in total. The molecular formula is C31H38ClN3O5S. The quantitative estimate of drug-likeness (QED) is 0.297. The van der Waals surface area contributed by atoms with E-state index in [4.69, 9.17) is 16.3 Å². The Bertz CT molecular complexity index is 1460. The molecule has 3 rings (SSSR count).